The van der Waals surface area contributed by atoms with Gasteiger partial charge in [0.25, 0.3) is 0 Å². The van der Waals surface area contributed by atoms with Gasteiger partial charge in [-0.15, -0.1) is 0 Å². The lowest BCUT2D eigenvalue weighted by molar-refractivity contribution is -0.385. The summed E-state index contributed by atoms with van der Waals surface area (Å²) in [6.07, 6.45) is 2.14. The summed E-state index contributed by atoms with van der Waals surface area (Å²) in [5, 5.41) is 17.6. The van der Waals surface area contributed by atoms with Gasteiger partial charge in [-0.3, -0.25) is 19.6 Å². The van der Waals surface area contributed by atoms with Crippen molar-refractivity contribution in [1.29, 1.82) is 0 Å². The van der Waals surface area contributed by atoms with E-state index in [2.05, 4.69) is 10.4 Å². The molecule has 1 amide bonds. The quantitative estimate of drug-likeness (QED) is 0.452. The highest BCUT2D eigenvalue weighted by molar-refractivity contribution is 5.79. The van der Waals surface area contributed by atoms with E-state index in [4.69, 9.17) is 0 Å². The molecule has 1 unspecified atom stereocenters. The van der Waals surface area contributed by atoms with Crippen LogP contribution in [0.5, 0.6) is 0 Å². The van der Waals surface area contributed by atoms with Crippen LogP contribution in [0.25, 0.3) is 0 Å². The minimum Gasteiger partial charge on any atom is -0.354 e. The number of aryl methyl sites for hydroxylation is 1. The predicted molar refractivity (Wildman–Crippen MR) is 74.5 cm³/mol. The van der Waals surface area contributed by atoms with E-state index in [1.165, 1.54) is 10.9 Å². The van der Waals surface area contributed by atoms with E-state index in [1.807, 2.05) is 19.0 Å². The molecule has 1 aromatic rings. The summed E-state index contributed by atoms with van der Waals surface area (Å²) in [6, 6.07) is -0.568. The molecule has 0 fully saturated rings. The van der Waals surface area contributed by atoms with Crippen molar-refractivity contribution in [3.05, 3.63) is 22.0 Å². The van der Waals surface area contributed by atoms with Crippen molar-refractivity contribution in [2.45, 2.75) is 26.3 Å². The van der Waals surface area contributed by atoms with Crippen molar-refractivity contribution in [3.8, 4) is 0 Å². The van der Waals surface area contributed by atoms with Gasteiger partial charge in [-0.05, 0) is 40.9 Å². The van der Waals surface area contributed by atoms with E-state index in [0.29, 0.717) is 12.2 Å². The van der Waals surface area contributed by atoms with Crippen LogP contribution in [0.2, 0.25) is 0 Å². The highest BCUT2D eigenvalue weighted by Crippen LogP contribution is 2.18. The second-order valence-electron chi connectivity index (χ2n) is 4.96. The van der Waals surface area contributed by atoms with E-state index in [-0.39, 0.29) is 11.6 Å². The lowest BCUT2D eigenvalue weighted by atomic mass is 10.3. The van der Waals surface area contributed by atoms with Crippen LogP contribution in [0.3, 0.4) is 0 Å². The van der Waals surface area contributed by atoms with E-state index in [9.17, 15) is 14.9 Å². The Morgan fingerprint density at radius 1 is 1.60 bits per heavy atom. The molecule has 0 aromatic carbocycles. The topological polar surface area (TPSA) is 93.3 Å². The molecule has 112 valence electrons. The number of amides is 1. The van der Waals surface area contributed by atoms with E-state index < -0.39 is 11.0 Å². The highest BCUT2D eigenvalue weighted by atomic mass is 16.6. The van der Waals surface area contributed by atoms with Crippen molar-refractivity contribution in [2.24, 2.45) is 0 Å². The van der Waals surface area contributed by atoms with Gasteiger partial charge in [0.2, 0.25) is 5.91 Å². The lowest BCUT2D eigenvalue weighted by Crippen LogP contribution is -2.33. The second kappa shape index (κ2) is 6.99. The Hall–Kier alpha value is -1.96. The standard InChI is InChI=1S/C12H21N5O3/c1-9-11(17(19)20)8-16(14-9)10(2)12(18)13-6-5-7-15(3)4/h8,10H,5-7H2,1-4H3,(H,13,18). The van der Waals surface area contributed by atoms with Crippen LogP contribution in [0.15, 0.2) is 6.20 Å². The van der Waals surface area contributed by atoms with E-state index >= 15 is 0 Å². The molecule has 20 heavy (non-hydrogen) atoms. The third-order valence-electron chi connectivity index (χ3n) is 2.95. The van der Waals surface area contributed by atoms with Crippen LogP contribution in [0.4, 0.5) is 5.69 Å². The summed E-state index contributed by atoms with van der Waals surface area (Å²) < 4.78 is 1.33. The number of hydrogen-bond donors (Lipinski definition) is 1. The molecule has 8 nitrogen and oxygen atoms in total. The largest absolute Gasteiger partial charge is 0.354 e. The van der Waals surface area contributed by atoms with Gasteiger partial charge in [-0.2, -0.15) is 5.10 Å². The first kappa shape index (κ1) is 16.1. The van der Waals surface area contributed by atoms with Crippen LogP contribution in [-0.2, 0) is 4.79 Å². The minimum absolute atomic E-state index is 0.0720. The molecule has 1 N–H and O–H groups in total. The molecule has 8 heteroatoms. The normalized spacial score (nSPS) is 12.4. The van der Waals surface area contributed by atoms with Crippen molar-refractivity contribution in [3.63, 3.8) is 0 Å². The van der Waals surface area contributed by atoms with Crippen LogP contribution < -0.4 is 5.32 Å². The average Bonchev–Trinajstić information content (AvgIpc) is 2.75. The second-order valence-corrected chi connectivity index (χ2v) is 4.96. The maximum absolute atomic E-state index is 11.9. The van der Waals surface area contributed by atoms with Gasteiger partial charge >= 0.3 is 5.69 Å². The highest BCUT2D eigenvalue weighted by Gasteiger charge is 2.21. The van der Waals surface area contributed by atoms with Crippen molar-refractivity contribution in [2.75, 3.05) is 27.2 Å². The van der Waals surface area contributed by atoms with E-state index in [1.54, 1.807) is 13.8 Å². The molecular formula is C12H21N5O3. The van der Waals surface area contributed by atoms with Crippen LogP contribution in [-0.4, -0.2) is 52.7 Å². The monoisotopic (exact) mass is 283 g/mol. The lowest BCUT2D eigenvalue weighted by Gasteiger charge is -2.13. The summed E-state index contributed by atoms with van der Waals surface area (Å²) >= 11 is 0. The smallest absolute Gasteiger partial charge is 0.309 e. The Bertz CT molecular complexity index is 483. The number of carbonyl (C=O) groups is 1. The van der Waals surface area contributed by atoms with Gasteiger partial charge in [0, 0.05) is 6.54 Å². The number of rotatable bonds is 7. The third kappa shape index (κ3) is 4.30. The summed E-state index contributed by atoms with van der Waals surface area (Å²) in [5.74, 6) is -0.193. The van der Waals surface area contributed by atoms with Crippen LogP contribution >= 0.6 is 0 Å². The van der Waals surface area contributed by atoms with Gasteiger partial charge < -0.3 is 10.2 Å². The van der Waals surface area contributed by atoms with Gasteiger partial charge in [0.15, 0.2) is 0 Å². The van der Waals surface area contributed by atoms with Gasteiger partial charge in [0.05, 0.1) is 4.92 Å². The first-order valence-electron chi connectivity index (χ1n) is 6.45. The first-order chi connectivity index (χ1) is 9.32. The minimum atomic E-state index is -0.568. The zero-order chi connectivity index (χ0) is 15.3. The number of nitro groups is 1. The third-order valence-corrected chi connectivity index (χ3v) is 2.95. The molecule has 0 aliphatic carbocycles. The fraction of sp³-hybridized carbons (Fsp3) is 0.667. The number of nitrogens with one attached hydrogen (secondary N) is 1. The molecule has 0 bridgehead atoms. The summed E-state index contributed by atoms with van der Waals surface area (Å²) in [5.41, 5.74) is 0.236. The summed E-state index contributed by atoms with van der Waals surface area (Å²) in [7, 11) is 3.94. The first-order valence-corrected chi connectivity index (χ1v) is 6.45. The summed E-state index contributed by atoms with van der Waals surface area (Å²) in [6.45, 7) is 4.68. The van der Waals surface area contributed by atoms with Gasteiger partial charge in [-0.25, -0.2) is 0 Å². The number of nitrogens with zero attached hydrogens (tertiary/aromatic N) is 4. The average molecular weight is 283 g/mol. The fourth-order valence-electron chi connectivity index (χ4n) is 1.72. The molecule has 1 heterocycles. The van der Waals surface area contributed by atoms with Gasteiger partial charge in [-0.1, -0.05) is 0 Å². The predicted octanol–water partition coefficient (Wildman–Crippen LogP) is 0.729. The molecule has 0 saturated carbocycles. The number of hydrogen-bond acceptors (Lipinski definition) is 5. The van der Waals surface area contributed by atoms with Crippen LogP contribution in [0.1, 0.15) is 25.1 Å². The molecule has 0 aliphatic heterocycles. The van der Waals surface area contributed by atoms with Crippen molar-refractivity contribution in [1.82, 2.24) is 20.0 Å². The zero-order valence-corrected chi connectivity index (χ0v) is 12.3. The Kier molecular flexibility index (Phi) is 5.63. The Labute approximate surface area is 117 Å². The fourth-order valence-corrected chi connectivity index (χ4v) is 1.72. The van der Waals surface area contributed by atoms with Crippen LogP contribution in [0, 0.1) is 17.0 Å². The van der Waals surface area contributed by atoms with Crippen molar-refractivity contribution < 1.29 is 9.72 Å². The maximum Gasteiger partial charge on any atom is 0.309 e. The molecule has 1 aromatic heterocycles. The Morgan fingerprint density at radius 2 is 2.25 bits per heavy atom. The molecule has 0 aliphatic rings. The number of aromatic nitrogens is 2. The maximum atomic E-state index is 11.9. The summed E-state index contributed by atoms with van der Waals surface area (Å²) in [4.78, 5) is 24.2. The molecular weight excluding hydrogens is 262 g/mol. The Morgan fingerprint density at radius 3 is 2.75 bits per heavy atom. The number of carbonyl (C=O) groups excluding carboxylic acids is 1. The van der Waals surface area contributed by atoms with Crippen molar-refractivity contribution >= 4 is 11.6 Å². The SMILES string of the molecule is Cc1nn(C(C)C(=O)NCCCN(C)C)cc1[N+](=O)[O-]. The molecule has 1 atom stereocenters. The molecule has 0 spiro atoms. The molecule has 0 radical (unpaired) electrons. The molecule has 1 rings (SSSR count). The Balaban J connectivity index is 2.56. The zero-order valence-electron chi connectivity index (χ0n) is 12.3. The van der Waals surface area contributed by atoms with E-state index in [0.717, 1.165) is 13.0 Å². The molecule has 0 saturated heterocycles. The van der Waals surface area contributed by atoms with Gasteiger partial charge in [0.1, 0.15) is 17.9 Å².